The summed E-state index contributed by atoms with van der Waals surface area (Å²) in [4.78, 5) is 55.3. The minimum Gasteiger partial charge on any atom is -0.493 e. The van der Waals surface area contributed by atoms with Crippen molar-refractivity contribution in [2.75, 3.05) is 30.3 Å². The third-order valence-corrected chi connectivity index (χ3v) is 9.24. The zero-order valence-corrected chi connectivity index (χ0v) is 36.0. The van der Waals surface area contributed by atoms with Crippen LogP contribution in [0.1, 0.15) is 64.9 Å². The van der Waals surface area contributed by atoms with Crippen molar-refractivity contribution in [3.05, 3.63) is 125 Å². The third-order valence-electron chi connectivity index (χ3n) is 8.43. The number of anilines is 1. The normalized spacial score (nSPS) is 10.9. The number of carbonyl (C=O) groups excluding carboxylic acids is 2. The maximum absolute atomic E-state index is 11.4. The van der Waals surface area contributed by atoms with Crippen molar-refractivity contribution >= 4 is 67.5 Å². The van der Waals surface area contributed by atoms with Crippen LogP contribution in [0.4, 0.5) is 28.7 Å². The van der Waals surface area contributed by atoms with E-state index in [1.165, 1.54) is 12.1 Å². The summed E-state index contributed by atoms with van der Waals surface area (Å²) in [5, 5.41) is 35.8. The number of hydrogen-bond donors (Lipinski definition) is 3. The molecule has 0 bridgehead atoms. The van der Waals surface area contributed by atoms with E-state index in [4.69, 9.17) is 41.9 Å². The molecule has 3 N–H and O–H groups in total. The summed E-state index contributed by atoms with van der Waals surface area (Å²) in [6, 6.07) is 26.4. The summed E-state index contributed by atoms with van der Waals surface area (Å²) in [6.07, 6.45) is 1.16. The van der Waals surface area contributed by atoms with Gasteiger partial charge in [-0.2, -0.15) is 48.4 Å². The highest BCUT2D eigenvalue weighted by Crippen LogP contribution is 2.32. The molecule has 336 valence electrons. The first kappa shape index (κ1) is 50.9. The molecule has 0 unspecified atom stereocenters. The van der Waals surface area contributed by atoms with Crippen LogP contribution in [0.25, 0.3) is 0 Å². The van der Waals surface area contributed by atoms with E-state index in [1.54, 1.807) is 18.2 Å². The van der Waals surface area contributed by atoms with Crippen LogP contribution in [0.5, 0.6) is 5.75 Å². The van der Waals surface area contributed by atoms with Gasteiger partial charge in [-0.3, -0.25) is 9.35 Å². The van der Waals surface area contributed by atoms with E-state index in [1.807, 2.05) is 79.4 Å². The Bertz CT molecular complexity index is 2670. The van der Waals surface area contributed by atoms with Crippen LogP contribution in [0.15, 0.2) is 111 Å². The molecule has 5 rings (SSSR count). The van der Waals surface area contributed by atoms with Crippen molar-refractivity contribution in [3.63, 3.8) is 0 Å². The Balaban J connectivity index is 0.00000145. The number of aromatic nitrogens is 3. The molecule has 0 aliphatic carbocycles. The van der Waals surface area contributed by atoms with Crippen molar-refractivity contribution in [3.8, 4) is 5.75 Å². The van der Waals surface area contributed by atoms with Gasteiger partial charge in [0.1, 0.15) is 17.4 Å². The fraction of sp³-hybridized carbons (Fsp3) is 0.268. The largest absolute Gasteiger partial charge is 0.493 e. The number of carbonyl (C=O) groups is 2. The third kappa shape index (κ3) is 19.1. The molecule has 5 aromatic rings. The number of benzene rings is 4. The molecule has 1 heterocycles. The van der Waals surface area contributed by atoms with Crippen LogP contribution in [0, 0.1) is 6.92 Å². The number of aromatic carboxylic acids is 1. The van der Waals surface area contributed by atoms with Crippen LogP contribution in [0.2, 0.25) is 0 Å². The monoisotopic (exact) mass is 918 g/mol. The number of carboxylic acids is 2. The molecule has 0 spiro atoms. The van der Waals surface area contributed by atoms with E-state index in [-0.39, 0.29) is 37.6 Å². The lowest BCUT2D eigenvalue weighted by Crippen LogP contribution is -2.28. The predicted octanol–water partition coefficient (Wildman–Crippen LogP) is 6.65. The number of rotatable bonds is 20. The fourth-order valence-electron chi connectivity index (χ4n) is 5.57. The molecular weight excluding hydrogens is 877 g/mol. The van der Waals surface area contributed by atoms with Gasteiger partial charge < -0.3 is 19.8 Å². The van der Waals surface area contributed by atoms with Crippen molar-refractivity contribution < 1.29 is 59.7 Å². The van der Waals surface area contributed by atoms with Crippen molar-refractivity contribution in [1.29, 1.82) is 0 Å². The second-order valence-electron chi connectivity index (χ2n) is 13.2. The van der Waals surface area contributed by atoms with Gasteiger partial charge in [0.15, 0.2) is 0 Å². The molecule has 0 fully saturated rings. The summed E-state index contributed by atoms with van der Waals surface area (Å²) in [5.74, 6) is -0.870. The van der Waals surface area contributed by atoms with Gasteiger partial charge in [-0.15, -0.1) is 12.6 Å². The number of aliphatic carboxylic acids is 1. The molecule has 4 aromatic carbocycles. The van der Waals surface area contributed by atoms with Crippen LogP contribution < -0.4 is 9.64 Å². The van der Waals surface area contributed by atoms with Gasteiger partial charge in [-0.05, 0) is 86.3 Å². The smallest absolute Gasteiger partial charge is 0.425 e. The number of ether oxygens (including phenoxy) is 1. The van der Waals surface area contributed by atoms with Gasteiger partial charge in [-0.1, -0.05) is 36.4 Å². The molecule has 0 aliphatic heterocycles. The number of carboxylic acid groups (broad SMARTS) is 2. The summed E-state index contributed by atoms with van der Waals surface area (Å²) in [7, 11) is -7.32. The van der Waals surface area contributed by atoms with Gasteiger partial charge in [0.2, 0.25) is 5.95 Å². The molecule has 23 heteroatoms. The summed E-state index contributed by atoms with van der Waals surface area (Å²) < 4.78 is 63.4. The molecule has 0 saturated carbocycles. The van der Waals surface area contributed by atoms with Crippen LogP contribution in [-0.2, 0) is 48.0 Å². The molecule has 64 heavy (non-hydrogen) atoms. The first-order valence-corrected chi connectivity index (χ1v) is 21.6. The topological polar surface area (TPSA) is 315 Å². The molecule has 21 nitrogen and oxygen atoms in total. The highest BCUT2D eigenvalue weighted by atomic mass is 32.2. The molecular formula is C41H42N8O13S2. The molecule has 0 aliphatic rings. The Labute approximate surface area is 368 Å². The molecule has 0 radical (unpaired) electrons. The van der Waals surface area contributed by atoms with Crippen molar-refractivity contribution in [1.82, 2.24) is 15.0 Å². The standard InChI is InChI=1S/C40H42N8O8S.CO2.O3S/c1-3-48(19-8-14-38(49)50)40-42-36(23-28-15-17-32(18-16-28)45-44-31-11-5-4-6-12-31)41-37(43-40)25-30-22-27(2)34(26-35(30)56-20-9-21-57(53,54)55)47-46-33-13-7-10-29(24-33)39(51)52;2-1-3;1-4(2)3/h4-7,10-13,15-18,22,24,26H,3,8-9,14,19-21,23,25H2,1-2H3,(H,49,50)(H,51,52)(H,53,54,55);;. The minimum atomic E-state index is -4.21. The lowest BCUT2D eigenvalue weighted by atomic mass is 10.1. The van der Waals surface area contributed by atoms with E-state index >= 15 is 0 Å². The Morgan fingerprint density at radius 1 is 0.781 bits per heavy atom. The lowest BCUT2D eigenvalue weighted by molar-refractivity contribution is -0.191. The average molecular weight is 919 g/mol. The summed E-state index contributed by atoms with van der Waals surface area (Å²) >= 11 is 0. The van der Waals surface area contributed by atoms with Crippen molar-refractivity contribution in [2.24, 2.45) is 20.5 Å². The lowest BCUT2D eigenvalue weighted by Gasteiger charge is -2.21. The summed E-state index contributed by atoms with van der Waals surface area (Å²) in [6.45, 7) is 4.62. The Kier molecular flexibility index (Phi) is 20.8. The Hall–Kier alpha value is -7.46. The van der Waals surface area contributed by atoms with Crippen LogP contribution >= 0.6 is 0 Å². The van der Waals surface area contributed by atoms with Gasteiger partial charge in [-0.25, -0.2) is 9.78 Å². The van der Waals surface area contributed by atoms with E-state index in [0.29, 0.717) is 77.5 Å². The second-order valence-corrected chi connectivity index (χ2v) is 15.2. The van der Waals surface area contributed by atoms with E-state index in [2.05, 4.69) is 20.5 Å². The quantitative estimate of drug-likeness (QED) is 0.0418. The Morgan fingerprint density at radius 2 is 1.38 bits per heavy atom. The van der Waals surface area contributed by atoms with Gasteiger partial charge >= 0.3 is 28.7 Å². The molecule has 0 saturated heterocycles. The zero-order chi connectivity index (χ0) is 47.1. The number of hydrogen-bond acceptors (Lipinski definition) is 18. The van der Waals surface area contributed by atoms with Crippen LogP contribution in [0.3, 0.4) is 0 Å². The van der Waals surface area contributed by atoms with E-state index < -0.39 is 38.4 Å². The molecule has 0 atom stereocenters. The van der Waals surface area contributed by atoms with Crippen molar-refractivity contribution in [2.45, 2.75) is 46.0 Å². The average Bonchev–Trinajstić information content (AvgIpc) is 3.24. The predicted molar refractivity (Wildman–Crippen MR) is 227 cm³/mol. The highest BCUT2D eigenvalue weighted by molar-refractivity contribution is 7.85. The maximum Gasteiger partial charge on any atom is 0.425 e. The highest BCUT2D eigenvalue weighted by Gasteiger charge is 2.18. The van der Waals surface area contributed by atoms with Gasteiger partial charge in [0, 0.05) is 44.0 Å². The SMILES string of the molecule is CCN(CCCC(=O)O)c1nc(Cc2ccc(N=Nc3ccccc3)cc2)nc(Cc2cc(C)c(N=Nc3cccc(C(=O)O)c3)cc2OCCCS(=O)(=O)O)n1.O=C=O.O=S(=O)=O. The second kappa shape index (κ2) is 26.1. The first-order chi connectivity index (χ1) is 30.5. The zero-order valence-electron chi connectivity index (χ0n) is 34.3. The first-order valence-electron chi connectivity index (χ1n) is 19.0. The minimum absolute atomic E-state index is 0.0124. The maximum atomic E-state index is 11.4. The fourth-order valence-corrected chi connectivity index (χ4v) is 6.05. The number of azo groups is 2. The van der Waals surface area contributed by atoms with E-state index in [0.717, 1.165) is 11.3 Å². The molecule has 0 amide bonds. The molecule has 1 aromatic heterocycles. The van der Waals surface area contributed by atoms with Gasteiger partial charge in [0.25, 0.3) is 10.1 Å². The number of nitrogens with zero attached hydrogens (tertiary/aromatic N) is 8. The Morgan fingerprint density at radius 3 is 1.97 bits per heavy atom. The summed E-state index contributed by atoms with van der Waals surface area (Å²) in [5.41, 5.74) is 4.48. The van der Waals surface area contributed by atoms with Crippen LogP contribution in [-0.4, -0.2) is 94.3 Å². The number of aryl methyl sites for hydroxylation is 1. The van der Waals surface area contributed by atoms with Gasteiger partial charge in [0.05, 0.1) is 40.7 Å². The van der Waals surface area contributed by atoms with E-state index in [9.17, 15) is 32.8 Å².